The van der Waals surface area contributed by atoms with Crippen molar-refractivity contribution >= 4 is 30.8 Å². The van der Waals surface area contributed by atoms with Gasteiger partial charge in [-0.15, -0.1) is 0 Å². The fourth-order valence-corrected chi connectivity index (χ4v) is 4.19. The maximum Gasteiger partial charge on any atom is 0.335 e. The summed E-state index contributed by atoms with van der Waals surface area (Å²) in [5.74, 6) is -2.58. The van der Waals surface area contributed by atoms with Gasteiger partial charge >= 0.3 is 11.9 Å². The molecule has 0 aliphatic rings. The van der Waals surface area contributed by atoms with Crippen LogP contribution < -0.4 is 10.8 Å². The number of carboxylic acid groups (broad SMARTS) is 2. The van der Waals surface area contributed by atoms with Gasteiger partial charge < -0.3 is 25.6 Å². The highest BCUT2D eigenvalue weighted by atomic mass is 31.2. The third-order valence-electron chi connectivity index (χ3n) is 3.43. The van der Waals surface area contributed by atoms with Crippen LogP contribution in [0.4, 0.5) is 11.4 Å². The summed E-state index contributed by atoms with van der Waals surface area (Å²) in [5, 5.41) is 21.0. The number of anilines is 2. The van der Waals surface area contributed by atoms with Gasteiger partial charge in [-0.25, -0.2) is 9.59 Å². The summed E-state index contributed by atoms with van der Waals surface area (Å²) in [4.78, 5) is 22.4. The molecular formula is C17H19N2O6P. The molecule has 2 aromatic rings. The number of nitrogen functional groups attached to an aromatic ring is 1. The first kappa shape index (κ1) is 19.5. The highest BCUT2D eigenvalue weighted by molar-refractivity contribution is 7.59. The molecule has 2 rings (SSSR count). The molecule has 9 heteroatoms. The molecule has 8 nitrogen and oxygen atoms in total. The van der Waals surface area contributed by atoms with Crippen LogP contribution in [0.1, 0.15) is 33.2 Å². The van der Waals surface area contributed by atoms with Crippen LogP contribution >= 0.6 is 7.52 Å². The molecule has 0 aromatic heterocycles. The van der Waals surface area contributed by atoms with Crippen molar-refractivity contribution in [3.05, 3.63) is 59.2 Å². The zero-order valence-electron chi connectivity index (χ0n) is 14.0. The van der Waals surface area contributed by atoms with Crippen LogP contribution in [0.15, 0.2) is 42.5 Å². The highest BCUT2D eigenvalue weighted by Gasteiger charge is 2.24. The highest BCUT2D eigenvalue weighted by Crippen LogP contribution is 2.50. The van der Waals surface area contributed by atoms with E-state index in [-0.39, 0.29) is 29.6 Å². The summed E-state index contributed by atoms with van der Waals surface area (Å²) < 4.78 is 18.5. The average Bonchev–Trinajstić information content (AvgIpc) is 2.56. The number of hydrogen-bond acceptors (Lipinski definition) is 5. The van der Waals surface area contributed by atoms with Gasteiger partial charge in [-0.1, -0.05) is 12.1 Å². The molecule has 0 bridgehead atoms. The Morgan fingerprint density at radius 2 is 1.62 bits per heavy atom. The van der Waals surface area contributed by atoms with Gasteiger partial charge in [-0.05, 0) is 42.8 Å². The Labute approximate surface area is 150 Å². The Hall–Kier alpha value is -2.83. The average molecular weight is 378 g/mol. The van der Waals surface area contributed by atoms with E-state index in [2.05, 4.69) is 5.09 Å². The lowest BCUT2D eigenvalue weighted by Crippen LogP contribution is -2.08. The van der Waals surface area contributed by atoms with Crippen LogP contribution in [0.25, 0.3) is 0 Å². The first-order chi connectivity index (χ1) is 12.2. The van der Waals surface area contributed by atoms with Gasteiger partial charge in [0.15, 0.2) is 0 Å². The molecule has 0 saturated heterocycles. The maximum atomic E-state index is 13.1. The largest absolute Gasteiger partial charge is 0.478 e. The van der Waals surface area contributed by atoms with Gasteiger partial charge in [0.05, 0.1) is 23.9 Å². The van der Waals surface area contributed by atoms with Crippen molar-refractivity contribution in [3.63, 3.8) is 0 Å². The normalized spacial score (nSPS) is 13.0. The van der Waals surface area contributed by atoms with E-state index < -0.39 is 19.5 Å². The summed E-state index contributed by atoms with van der Waals surface area (Å²) in [7, 11) is -3.46. The van der Waals surface area contributed by atoms with Crippen LogP contribution in [0.5, 0.6) is 0 Å². The fraction of sp³-hybridized carbons (Fsp3) is 0.176. The molecule has 1 atom stereocenters. The number of benzene rings is 2. The summed E-state index contributed by atoms with van der Waals surface area (Å²) >= 11 is 0. The Balaban J connectivity index is 2.36. The van der Waals surface area contributed by atoms with Crippen LogP contribution in [-0.2, 0) is 15.3 Å². The summed E-state index contributed by atoms with van der Waals surface area (Å²) in [6, 6.07) is 10.2. The van der Waals surface area contributed by atoms with Gasteiger partial charge in [0.1, 0.15) is 0 Å². The van der Waals surface area contributed by atoms with Crippen molar-refractivity contribution in [3.8, 4) is 0 Å². The van der Waals surface area contributed by atoms with Gasteiger partial charge in [0.25, 0.3) is 7.52 Å². The lowest BCUT2D eigenvalue weighted by atomic mass is 10.1. The third-order valence-corrected chi connectivity index (χ3v) is 5.49. The van der Waals surface area contributed by atoms with Gasteiger partial charge in [0.2, 0.25) is 0 Å². The molecule has 0 amide bonds. The van der Waals surface area contributed by atoms with E-state index in [1.165, 1.54) is 12.1 Å². The SMILES string of the molecule is CCOP(=O)(Cc1ccc(N)cc1)Nc1cc(C(=O)O)cc(C(=O)O)c1. The van der Waals surface area contributed by atoms with E-state index in [1.54, 1.807) is 31.2 Å². The van der Waals surface area contributed by atoms with Crippen molar-refractivity contribution < 1.29 is 28.9 Å². The van der Waals surface area contributed by atoms with Crippen LogP contribution in [-0.4, -0.2) is 28.8 Å². The molecule has 5 N–H and O–H groups in total. The summed E-state index contributed by atoms with van der Waals surface area (Å²) in [6.45, 7) is 1.83. The smallest absolute Gasteiger partial charge is 0.335 e. The Bertz CT molecular complexity index is 834. The maximum absolute atomic E-state index is 13.1. The molecule has 2 aromatic carbocycles. The van der Waals surface area contributed by atoms with E-state index >= 15 is 0 Å². The van der Waals surface area contributed by atoms with E-state index in [0.717, 1.165) is 6.07 Å². The Kier molecular flexibility index (Phi) is 6.02. The van der Waals surface area contributed by atoms with Gasteiger partial charge in [-0.3, -0.25) is 4.57 Å². The predicted octanol–water partition coefficient (Wildman–Crippen LogP) is 3.51. The summed E-state index contributed by atoms with van der Waals surface area (Å²) in [6.07, 6.45) is 0.0286. The molecule has 0 saturated carbocycles. The molecule has 0 aliphatic heterocycles. The molecule has 0 spiro atoms. The standard InChI is InChI=1S/C17H19N2O6P/c1-2-25-26(24,10-11-3-5-14(18)6-4-11)19-15-8-12(16(20)21)7-13(9-15)17(22)23/h3-9H,2,10,18H2,1H3,(H,19,24)(H,20,21)(H,22,23). The first-order valence-electron chi connectivity index (χ1n) is 7.70. The van der Waals surface area contributed by atoms with Crippen molar-refractivity contribution in [1.29, 1.82) is 0 Å². The first-order valence-corrected chi connectivity index (χ1v) is 9.51. The van der Waals surface area contributed by atoms with E-state index in [1.807, 2.05) is 0 Å². The second kappa shape index (κ2) is 8.03. The Morgan fingerprint density at radius 3 is 2.08 bits per heavy atom. The van der Waals surface area contributed by atoms with Crippen LogP contribution in [0, 0.1) is 0 Å². The number of nitrogens with two attached hydrogens (primary N) is 1. The number of carbonyl (C=O) groups is 2. The number of hydrogen-bond donors (Lipinski definition) is 4. The lowest BCUT2D eigenvalue weighted by molar-refractivity contribution is 0.0696. The molecule has 26 heavy (non-hydrogen) atoms. The number of aromatic carboxylic acids is 2. The minimum atomic E-state index is -3.46. The number of nitrogens with one attached hydrogen (secondary N) is 1. The van der Waals surface area contributed by atoms with E-state index in [9.17, 15) is 14.2 Å². The van der Waals surface area contributed by atoms with Crippen molar-refractivity contribution in [2.24, 2.45) is 0 Å². The zero-order valence-corrected chi connectivity index (χ0v) is 14.9. The lowest BCUT2D eigenvalue weighted by Gasteiger charge is -2.21. The zero-order chi connectivity index (χ0) is 19.3. The molecule has 138 valence electrons. The fourth-order valence-electron chi connectivity index (χ4n) is 2.33. The number of rotatable bonds is 8. The molecule has 0 heterocycles. The quantitative estimate of drug-likeness (QED) is 0.404. The summed E-state index contributed by atoms with van der Waals surface area (Å²) in [5.41, 5.74) is 6.53. The molecule has 0 radical (unpaired) electrons. The molecule has 1 unspecified atom stereocenters. The van der Waals surface area contributed by atoms with Crippen LogP contribution in [0.2, 0.25) is 0 Å². The third kappa shape index (κ3) is 5.08. The van der Waals surface area contributed by atoms with E-state index in [4.69, 9.17) is 20.5 Å². The predicted molar refractivity (Wildman–Crippen MR) is 97.8 cm³/mol. The van der Waals surface area contributed by atoms with E-state index in [0.29, 0.717) is 11.3 Å². The molecular weight excluding hydrogens is 359 g/mol. The minimum Gasteiger partial charge on any atom is -0.478 e. The second-order valence-corrected chi connectivity index (χ2v) is 7.66. The van der Waals surface area contributed by atoms with Crippen molar-refractivity contribution in [2.75, 3.05) is 17.4 Å². The number of carboxylic acids is 2. The van der Waals surface area contributed by atoms with Crippen molar-refractivity contribution in [2.45, 2.75) is 13.1 Å². The monoisotopic (exact) mass is 378 g/mol. The van der Waals surface area contributed by atoms with Crippen molar-refractivity contribution in [1.82, 2.24) is 0 Å². The molecule has 0 aliphatic carbocycles. The van der Waals surface area contributed by atoms with Gasteiger partial charge in [0, 0.05) is 11.4 Å². The van der Waals surface area contributed by atoms with Crippen LogP contribution in [0.3, 0.4) is 0 Å². The topological polar surface area (TPSA) is 139 Å². The minimum absolute atomic E-state index is 0.0286. The van der Waals surface area contributed by atoms with Gasteiger partial charge in [-0.2, -0.15) is 0 Å². The second-order valence-electron chi connectivity index (χ2n) is 5.51. The Morgan fingerprint density at radius 1 is 1.08 bits per heavy atom. The molecule has 0 fully saturated rings.